The molecule has 2 aromatic rings. The van der Waals surface area contributed by atoms with Crippen LogP contribution in [0, 0.1) is 6.92 Å². The largest absolute Gasteiger partial charge is 0.481 e. The third-order valence-corrected chi connectivity index (χ3v) is 2.69. The Hall–Kier alpha value is -2.43. The molecular formula is C14H14N2O3. The maximum Gasteiger partial charge on any atom is 0.303 e. The van der Waals surface area contributed by atoms with E-state index in [9.17, 15) is 4.79 Å². The lowest BCUT2D eigenvalue weighted by Crippen LogP contribution is -1.97. The molecule has 0 aliphatic rings. The van der Waals surface area contributed by atoms with Crippen LogP contribution in [0.2, 0.25) is 0 Å². The summed E-state index contributed by atoms with van der Waals surface area (Å²) in [6, 6.07) is 7.83. The summed E-state index contributed by atoms with van der Waals surface area (Å²) in [6.45, 7) is 5.94. The fourth-order valence-corrected chi connectivity index (χ4v) is 1.58. The average molecular weight is 258 g/mol. The van der Waals surface area contributed by atoms with Gasteiger partial charge in [0.05, 0.1) is 6.42 Å². The molecule has 98 valence electrons. The normalized spacial score (nSPS) is 10.4. The van der Waals surface area contributed by atoms with Gasteiger partial charge in [-0.1, -0.05) is 41.6 Å². The summed E-state index contributed by atoms with van der Waals surface area (Å²) in [6.07, 6.45) is 0.197. The zero-order valence-corrected chi connectivity index (χ0v) is 10.6. The molecule has 0 saturated carbocycles. The van der Waals surface area contributed by atoms with Gasteiger partial charge in [0, 0.05) is 12.0 Å². The first-order valence-electron chi connectivity index (χ1n) is 5.87. The number of carboxylic acids is 1. The number of benzene rings is 1. The van der Waals surface area contributed by atoms with E-state index in [2.05, 4.69) is 16.7 Å². The summed E-state index contributed by atoms with van der Waals surface area (Å²) in [7, 11) is 0. The molecule has 0 atom stereocenters. The fraction of sp³-hybridized carbons (Fsp3) is 0.214. The number of aryl methyl sites for hydroxylation is 2. The molecule has 0 aliphatic heterocycles. The maximum atomic E-state index is 10.5. The second-order valence-electron chi connectivity index (χ2n) is 4.25. The van der Waals surface area contributed by atoms with E-state index in [1.54, 1.807) is 0 Å². The molecule has 0 spiro atoms. The summed E-state index contributed by atoms with van der Waals surface area (Å²) in [5, 5.41) is 12.4. The van der Waals surface area contributed by atoms with Crippen LogP contribution >= 0.6 is 0 Å². The van der Waals surface area contributed by atoms with Gasteiger partial charge in [-0.25, -0.2) is 0 Å². The second kappa shape index (κ2) is 5.48. The minimum Gasteiger partial charge on any atom is -0.481 e. The minimum atomic E-state index is -0.892. The molecule has 1 aromatic carbocycles. The molecule has 5 nitrogen and oxygen atoms in total. The number of aromatic nitrogens is 2. The van der Waals surface area contributed by atoms with Crippen LogP contribution in [0.4, 0.5) is 0 Å². The summed E-state index contributed by atoms with van der Waals surface area (Å²) in [5.41, 5.74) is 2.73. The van der Waals surface area contributed by atoms with Gasteiger partial charge in [-0.05, 0) is 12.5 Å². The van der Waals surface area contributed by atoms with Crippen molar-refractivity contribution in [2.24, 2.45) is 0 Å². The number of aliphatic carboxylic acids is 1. The van der Waals surface area contributed by atoms with Gasteiger partial charge in [0.2, 0.25) is 11.7 Å². The number of hydrogen-bond donors (Lipinski definition) is 1. The van der Waals surface area contributed by atoms with Crippen molar-refractivity contribution in [1.29, 1.82) is 0 Å². The summed E-state index contributed by atoms with van der Waals surface area (Å²) < 4.78 is 5.00. The lowest BCUT2D eigenvalue weighted by atomic mass is 10.1. The zero-order valence-electron chi connectivity index (χ0n) is 10.6. The van der Waals surface area contributed by atoms with Crippen molar-refractivity contribution in [3.63, 3.8) is 0 Å². The SMILES string of the molecule is C=C(c1ccc(C)cc1)c1noc(CCC(=O)O)n1. The molecule has 1 aromatic heterocycles. The van der Waals surface area contributed by atoms with Crippen LogP contribution in [-0.4, -0.2) is 21.2 Å². The van der Waals surface area contributed by atoms with E-state index in [-0.39, 0.29) is 12.8 Å². The lowest BCUT2D eigenvalue weighted by Gasteiger charge is -2.00. The van der Waals surface area contributed by atoms with Crippen molar-refractivity contribution in [3.8, 4) is 0 Å². The molecule has 2 rings (SSSR count). The van der Waals surface area contributed by atoms with Gasteiger partial charge in [0.15, 0.2) is 0 Å². The molecule has 0 bridgehead atoms. The first-order chi connectivity index (χ1) is 9.06. The van der Waals surface area contributed by atoms with Gasteiger partial charge >= 0.3 is 5.97 Å². The molecule has 5 heteroatoms. The molecule has 0 fully saturated rings. The van der Waals surface area contributed by atoms with Crippen molar-refractivity contribution in [3.05, 3.63) is 53.7 Å². The van der Waals surface area contributed by atoms with Gasteiger partial charge in [0.25, 0.3) is 0 Å². The molecule has 0 saturated heterocycles. The van der Waals surface area contributed by atoms with E-state index in [1.807, 2.05) is 31.2 Å². The van der Waals surface area contributed by atoms with E-state index >= 15 is 0 Å². The lowest BCUT2D eigenvalue weighted by molar-refractivity contribution is -0.137. The standard InChI is InChI=1S/C14H14N2O3/c1-9-3-5-11(6-4-9)10(2)14-15-12(19-16-14)7-8-13(17)18/h3-6H,2,7-8H2,1H3,(H,17,18). The number of carbonyl (C=O) groups is 1. The summed E-state index contributed by atoms with van der Waals surface area (Å²) in [4.78, 5) is 14.6. The highest BCUT2D eigenvalue weighted by Crippen LogP contribution is 2.19. The van der Waals surface area contributed by atoms with Crippen molar-refractivity contribution in [2.45, 2.75) is 19.8 Å². The molecule has 0 unspecified atom stereocenters. The van der Waals surface area contributed by atoms with Crippen LogP contribution in [0.1, 0.15) is 29.3 Å². The van der Waals surface area contributed by atoms with E-state index in [1.165, 1.54) is 0 Å². The summed E-state index contributed by atoms with van der Waals surface area (Å²) in [5.74, 6) is -0.188. The fourth-order valence-electron chi connectivity index (χ4n) is 1.58. The number of nitrogens with zero attached hydrogens (tertiary/aromatic N) is 2. The van der Waals surface area contributed by atoms with Crippen LogP contribution < -0.4 is 0 Å². The van der Waals surface area contributed by atoms with Crippen molar-refractivity contribution in [2.75, 3.05) is 0 Å². The topological polar surface area (TPSA) is 76.2 Å². The Morgan fingerprint density at radius 2 is 2.05 bits per heavy atom. The first-order valence-corrected chi connectivity index (χ1v) is 5.87. The van der Waals surface area contributed by atoms with Crippen molar-refractivity contribution in [1.82, 2.24) is 10.1 Å². The molecule has 0 aliphatic carbocycles. The van der Waals surface area contributed by atoms with Crippen LogP contribution in [0.5, 0.6) is 0 Å². The Labute approximate surface area is 110 Å². The first kappa shape index (κ1) is 13.0. The van der Waals surface area contributed by atoms with Gasteiger partial charge in [-0.2, -0.15) is 4.98 Å². The predicted molar refractivity (Wildman–Crippen MR) is 69.6 cm³/mol. The third-order valence-electron chi connectivity index (χ3n) is 2.69. The number of hydrogen-bond acceptors (Lipinski definition) is 4. The third kappa shape index (κ3) is 3.28. The predicted octanol–water partition coefficient (Wildman–Crippen LogP) is 2.46. The van der Waals surface area contributed by atoms with E-state index in [4.69, 9.17) is 9.63 Å². The Balaban J connectivity index is 2.11. The Morgan fingerprint density at radius 1 is 1.37 bits per heavy atom. The molecule has 0 amide bonds. The smallest absolute Gasteiger partial charge is 0.303 e. The summed E-state index contributed by atoms with van der Waals surface area (Å²) >= 11 is 0. The van der Waals surface area contributed by atoms with Crippen molar-refractivity contribution < 1.29 is 14.4 Å². The highest BCUT2D eigenvalue weighted by atomic mass is 16.5. The van der Waals surface area contributed by atoms with E-state index in [0.717, 1.165) is 11.1 Å². The highest BCUT2D eigenvalue weighted by Gasteiger charge is 2.12. The number of carboxylic acid groups (broad SMARTS) is 1. The number of rotatable bonds is 5. The Kier molecular flexibility index (Phi) is 3.75. The molecule has 1 heterocycles. The van der Waals surface area contributed by atoms with Crippen LogP contribution in [0.3, 0.4) is 0 Å². The second-order valence-corrected chi connectivity index (χ2v) is 4.25. The minimum absolute atomic E-state index is 0.0291. The maximum absolute atomic E-state index is 10.5. The quantitative estimate of drug-likeness (QED) is 0.891. The van der Waals surface area contributed by atoms with E-state index in [0.29, 0.717) is 17.3 Å². The molecule has 0 radical (unpaired) electrons. The highest BCUT2D eigenvalue weighted by molar-refractivity contribution is 5.74. The van der Waals surface area contributed by atoms with Crippen LogP contribution in [-0.2, 0) is 11.2 Å². The van der Waals surface area contributed by atoms with Crippen LogP contribution in [0.25, 0.3) is 5.57 Å². The van der Waals surface area contributed by atoms with Crippen molar-refractivity contribution >= 4 is 11.5 Å². The molecular weight excluding hydrogens is 244 g/mol. The zero-order chi connectivity index (χ0) is 13.8. The monoisotopic (exact) mass is 258 g/mol. The van der Waals surface area contributed by atoms with E-state index < -0.39 is 5.97 Å². The Bertz CT molecular complexity index is 599. The average Bonchev–Trinajstić information content (AvgIpc) is 2.85. The Morgan fingerprint density at radius 3 is 2.68 bits per heavy atom. The van der Waals surface area contributed by atoms with Crippen LogP contribution in [0.15, 0.2) is 35.4 Å². The molecule has 19 heavy (non-hydrogen) atoms. The van der Waals surface area contributed by atoms with Gasteiger partial charge in [-0.15, -0.1) is 0 Å². The van der Waals surface area contributed by atoms with Gasteiger partial charge in [-0.3, -0.25) is 4.79 Å². The van der Waals surface area contributed by atoms with Gasteiger partial charge < -0.3 is 9.63 Å². The molecule has 1 N–H and O–H groups in total. The van der Waals surface area contributed by atoms with Gasteiger partial charge in [0.1, 0.15) is 0 Å².